The van der Waals surface area contributed by atoms with Crippen molar-refractivity contribution in [1.82, 2.24) is 14.9 Å². The number of para-hydroxylation sites is 1. The molecule has 0 spiro atoms. The van der Waals surface area contributed by atoms with Crippen LogP contribution in [-0.4, -0.2) is 33.9 Å². The summed E-state index contributed by atoms with van der Waals surface area (Å²) in [5, 5.41) is 0. The Kier molecular flexibility index (Phi) is 3.47. The molecule has 3 rings (SSSR count). The number of carbonyl (C=O) groups is 1. The first-order chi connectivity index (χ1) is 9.66. The molecule has 1 aromatic heterocycles. The molecule has 0 atom stereocenters. The van der Waals surface area contributed by atoms with Crippen molar-refractivity contribution < 1.29 is 4.79 Å². The number of piperidine rings is 1. The number of H-pyrrole nitrogens is 1. The number of amides is 1. The fraction of sp³-hybridized carbons (Fsp3) is 0.500. The predicted octanol–water partition coefficient (Wildman–Crippen LogP) is 3.07. The van der Waals surface area contributed by atoms with Crippen molar-refractivity contribution in [3.63, 3.8) is 0 Å². The molecule has 106 valence electrons. The van der Waals surface area contributed by atoms with Crippen LogP contribution in [0.2, 0.25) is 0 Å². The highest BCUT2D eigenvalue weighted by Gasteiger charge is 2.26. The fourth-order valence-electron chi connectivity index (χ4n) is 3.08. The van der Waals surface area contributed by atoms with Crippen molar-refractivity contribution in [2.75, 3.05) is 13.1 Å². The van der Waals surface area contributed by atoms with Gasteiger partial charge in [0.05, 0.1) is 17.4 Å². The molecule has 1 aliphatic rings. The number of rotatable bonds is 2. The number of benzene rings is 1. The minimum atomic E-state index is 0.116. The van der Waals surface area contributed by atoms with Gasteiger partial charge in [-0.2, -0.15) is 0 Å². The Balaban J connectivity index is 1.78. The molecule has 1 saturated heterocycles. The van der Waals surface area contributed by atoms with Gasteiger partial charge >= 0.3 is 0 Å². The van der Waals surface area contributed by atoms with Crippen LogP contribution in [0.3, 0.4) is 0 Å². The zero-order valence-corrected chi connectivity index (χ0v) is 12.1. The molecular weight excluding hydrogens is 250 g/mol. The first-order valence-electron chi connectivity index (χ1n) is 7.38. The largest absolute Gasteiger partial charge is 0.345 e. The molecule has 1 aliphatic heterocycles. The molecule has 0 aliphatic carbocycles. The van der Waals surface area contributed by atoms with Gasteiger partial charge in [0.25, 0.3) is 5.91 Å². The first kappa shape index (κ1) is 13.2. The zero-order chi connectivity index (χ0) is 14.1. The molecule has 0 bridgehead atoms. The summed E-state index contributed by atoms with van der Waals surface area (Å²) in [4.78, 5) is 22.0. The van der Waals surface area contributed by atoms with E-state index >= 15 is 0 Å². The Morgan fingerprint density at radius 3 is 2.80 bits per heavy atom. The molecule has 0 saturated carbocycles. The second kappa shape index (κ2) is 5.27. The first-order valence-corrected chi connectivity index (χ1v) is 7.38. The van der Waals surface area contributed by atoms with Crippen molar-refractivity contribution in [3.8, 4) is 0 Å². The minimum Gasteiger partial charge on any atom is -0.345 e. The molecule has 4 heteroatoms. The number of aromatic nitrogens is 2. The van der Waals surface area contributed by atoms with Crippen LogP contribution in [0.5, 0.6) is 0 Å². The Morgan fingerprint density at radius 2 is 2.10 bits per heavy atom. The normalized spacial score (nSPS) is 17.1. The number of nitrogens with zero attached hydrogens (tertiary/aromatic N) is 2. The smallest absolute Gasteiger partial charge is 0.256 e. The summed E-state index contributed by atoms with van der Waals surface area (Å²) in [6.07, 6.45) is 3.87. The van der Waals surface area contributed by atoms with Crippen LogP contribution in [-0.2, 0) is 0 Å². The van der Waals surface area contributed by atoms with Gasteiger partial charge in [0.15, 0.2) is 0 Å². The standard InChI is InChI=1S/C16H21N3O/c1-11(2)12-6-8-19(9-7-12)16(20)13-4-3-5-14-15(13)18-10-17-14/h3-5,10-12H,6-9H2,1-2H3,(H,17,18). The summed E-state index contributed by atoms with van der Waals surface area (Å²) in [7, 11) is 0. The Bertz CT molecular complexity index is 609. The van der Waals surface area contributed by atoms with Gasteiger partial charge in [0, 0.05) is 13.1 Å². The van der Waals surface area contributed by atoms with Crippen molar-refractivity contribution in [1.29, 1.82) is 0 Å². The van der Waals surface area contributed by atoms with Gasteiger partial charge < -0.3 is 9.88 Å². The summed E-state index contributed by atoms with van der Waals surface area (Å²) in [5.74, 6) is 1.58. The summed E-state index contributed by atoms with van der Waals surface area (Å²) < 4.78 is 0. The van der Waals surface area contributed by atoms with E-state index in [0.29, 0.717) is 11.5 Å². The molecule has 2 heterocycles. The van der Waals surface area contributed by atoms with Gasteiger partial charge in [-0.3, -0.25) is 4.79 Å². The number of aromatic amines is 1. The van der Waals surface area contributed by atoms with E-state index in [0.717, 1.165) is 42.9 Å². The van der Waals surface area contributed by atoms with E-state index in [4.69, 9.17) is 0 Å². The van der Waals surface area contributed by atoms with E-state index in [1.807, 2.05) is 23.1 Å². The van der Waals surface area contributed by atoms with Crippen molar-refractivity contribution in [3.05, 3.63) is 30.1 Å². The third-order valence-corrected chi connectivity index (χ3v) is 4.45. The average Bonchev–Trinajstić information content (AvgIpc) is 2.95. The van der Waals surface area contributed by atoms with Crippen LogP contribution in [0.25, 0.3) is 11.0 Å². The second-order valence-electron chi connectivity index (χ2n) is 5.98. The third kappa shape index (κ3) is 2.30. The van der Waals surface area contributed by atoms with Gasteiger partial charge in [-0.25, -0.2) is 4.98 Å². The van der Waals surface area contributed by atoms with Crippen LogP contribution in [0, 0.1) is 11.8 Å². The summed E-state index contributed by atoms with van der Waals surface area (Å²) in [5.41, 5.74) is 2.42. The third-order valence-electron chi connectivity index (χ3n) is 4.45. The lowest BCUT2D eigenvalue weighted by molar-refractivity contribution is 0.0669. The highest BCUT2D eigenvalue weighted by molar-refractivity contribution is 6.04. The van der Waals surface area contributed by atoms with E-state index in [9.17, 15) is 4.79 Å². The second-order valence-corrected chi connectivity index (χ2v) is 5.98. The van der Waals surface area contributed by atoms with Crippen molar-refractivity contribution in [2.45, 2.75) is 26.7 Å². The summed E-state index contributed by atoms with van der Waals surface area (Å²) >= 11 is 0. The molecule has 0 radical (unpaired) electrons. The fourth-order valence-corrected chi connectivity index (χ4v) is 3.08. The van der Waals surface area contributed by atoms with Crippen LogP contribution >= 0.6 is 0 Å². The lowest BCUT2D eigenvalue weighted by Gasteiger charge is -2.34. The number of imidazole rings is 1. The van der Waals surface area contributed by atoms with E-state index in [-0.39, 0.29) is 5.91 Å². The number of likely N-dealkylation sites (tertiary alicyclic amines) is 1. The summed E-state index contributed by atoms with van der Waals surface area (Å²) in [6.45, 7) is 6.27. The van der Waals surface area contributed by atoms with Gasteiger partial charge in [0.1, 0.15) is 5.52 Å². The Hall–Kier alpha value is -1.84. The van der Waals surface area contributed by atoms with Crippen LogP contribution < -0.4 is 0 Å². The SMILES string of the molecule is CC(C)C1CCN(C(=O)c2cccc3[nH]cnc23)CC1. The molecule has 1 N–H and O–H groups in total. The molecule has 20 heavy (non-hydrogen) atoms. The maximum Gasteiger partial charge on any atom is 0.256 e. The van der Waals surface area contributed by atoms with E-state index < -0.39 is 0 Å². The Labute approximate surface area is 119 Å². The lowest BCUT2D eigenvalue weighted by atomic mass is 9.86. The van der Waals surface area contributed by atoms with Crippen molar-refractivity contribution in [2.24, 2.45) is 11.8 Å². The monoisotopic (exact) mass is 271 g/mol. The van der Waals surface area contributed by atoms with Crippen molar-refractivity contribution >= 4 is 16.9 Å². The number of hydrogen-bond donors (Lipinski definition) is 1. The molecule has 4 nitrogen and oxygen atoms in total. The molecule has 1 amide bonds. The topological polar surface area (TPSA) is 49.0 Å². The molecule has 1 aromatic carbocycles. The van der Waals surface area contributed by atoms with Crippen LogP contribution in [0.4, 0.5) is 0 Å². The van der Waals surface area contributed by atoms with Gasteiger partial charge in [-0.1, -0.05) is 19.9 Å². The highest BCUT2D eigenvalue weighted by atomic mass is 16.2. The number of nitrogens with one attached hydrogen (secondary N) is 1. The molecular formula is C16H21N3O. The average molecular weight is 271 g/mol. The maximum absolute atomic E-state index is 12.7. The van der Waals surface area contributed by atoms with Gasteiger partial charge in [-0.15, -0.1) is 0 Å². The lowest BCUT2D eigenvalue weighted by Crippen LogP contribution is -2.39. The highest BCUT2D eigenvalue weighted by Crippen LogP contribution is 2.26. The number of carbonyl (C=O) groups excluding carboxylic acids is 1. The predicted molar refractivity (Wildman–Crippen MR) is 79.6 cm³/mol. The molecule has 0 unspecified atom stereocenters. The molecule has 1 fully saturated rings. The maximum atomic E-state index is 12.7. The number of hydrogen-bond acceptors (Lipinski definition) is 2. The van der Waals surface area contributed by atoms with E-state index in [1.165, 1.54) is 0 Å². The van der Waals surface area contributed by atoms with Gasteiger partial charge in [0.2, 0.25) is 0 Å². The molecule has 2 aromatic rings. The quantitative estimate of drug-likeness (QED) is 0.912. The number of fused-ring (bicyclic) bond motifs is 1. The van der Waals surface area contributed by atoms with Crippen LogP contribution in [0.15, 0.2) is 24.5 Å². The van der Waals surface area contributed by atoms with E-state index in [1.54, 1.807) is 6.33 Å². The van der Waals surface area contributed by atoms with Crippen LogP contribution in [0.1, 0.15) is 37.0 Å². The summed E-state index contributed by atoms with van der Waals surface area (Å²) in [6, 6.07) is 5.73. The minimum absolute atomic E-state index is 0.116. The van der Waals surface area contributed by atoms with E-state index in [2.05, 4.69) is 23.8 Å². The van der Waals surface area contributed by atoms with Gasteiger partial charge in [-0.05, 0) is 36.8 Å². The Morgan fingerprint density at radius 1 is 1.35 bits per heavy atom. The zero-order valence-electron chi connectivity index (χ0n) is 12.1.